The van der Waals surface area contributed by atoms with E-state index >= 15 is 0 Å². The zero-order valence-electron chi connectivity index (χ0n) is 11.4. The van der Waals surface area contributed by atoms with Gasteiger partial charge in [-0.3, -0.25) is 0 Å². The Labute approximate surface area is 115 Å². The molecule has 2 aliphatic rings. The fourth-order valence-electron chi connectivity index (χ4n) is 2.76. The van der Waals surface area contributed by atoms with Gasteiger partial charge in [-0.05, 0) is 44.3 Å². The number of nitrogens with one attached hydrogen (secondary N) is 1. The summed E-state index contributed by atoms with van der Waals surface area (Å²) in [6, 6.07) is 10.4. The molecule has 104 valence electrons. The van der Waals surface area contributed by atoms with Crippen molar-refractivity contribution < 1.29 is 9.47 Å². The number of hydrogen-bond donors (Lipinski definition) is 1. The SMILES string of the molecule is c1ccc(CO[C@H]2C[C@@H](OC3CCNCC3)C2)cc1. The van der Waals surface area contributed by atoms with E-state index in [1.807, 2.05) is 6.07 Å². The van der Waals surface area contributed by atoms with Crippen LogP contribution in [0.3, 0.4) is 0 Å². The molecule has 3 nitrogen and oxygen atoms in total. The van der Waals surface area contributed by atoms with Gasteiger partial charge in [0.25, 0.3) is 0 Å². The minimum Gasteiger partial charge on any atom is -0.375 e. The summed E-state index contributed by atoms with van der Waals surface area (Å²) in [6.07, 6.45) is 5.75. The highest BCUT2D eigenvalue weighted by atomic mass is 16.5. The zero-order chi connectivity index (χ0) is 12.9. The van der Waals surface area contributed by atoms with Crippen LogP contribution in [0, 0.1) is 0 Å². The second kappa shape index (κ2) is 6.51. The first-order valence-electron chi connectivity index (χ1n) is 7.42. The lowest BCUT2D eigenvalue weighted by atomic mass is 9.91. The molecule has 1 aromatic carbocycles. The molecule has 1 saturated carbocycles. The molecule has 1 saturated heterocycles. The smallest absolute Gasteiger partial charge is 0.0720 e. The number of hydrogen-bond acceptors (Lipinski definition) is 3. The van der Waals surface area contributed by atoms with Crippen LogP contribution in [0.15, 0.2) is 30.3 Å². The van der Waals surface area contributed by atoms with Crippen molar-refractivity contribution in [2.45, 2.75) is 50.6 Å². The third-order valence-corrected chi connectivity index (χ3v) is 4.05. The predicted octanol–water partition coefficient (Wildman–Crippen LogP) is 2.50. The number of piperidine rings is 1. The second-order valence-corrected chi connectivity index (χ2v) is 5.60. The van der Waals surface area contributed by atoms with Crippen LogP contribution in [0.5, 0.6) is 0 Å². The Kier molecular flexibility index (Phi) is 4.49. The first-order chi connectivity index (χ1) is 9.40. The zero-order valence-corrected chi connectivity index (χ0v) is 11.4. The van der Waals surface area contributed by atoms with E-state index in [1.165, 1.54) is 5.56 Å². The summed E-state index contributed by atoms with van der Waals surface area (Å²) >= 11 is 0. The molecule has 3 rings (SSSR count). The Morgan fingerprint density at radius 2 is 1.68 bits per heavy atom. The number of benzene rings is 1. The van der Waals surface area contributed by atoms with E-state index in [9.17, 15) is 0 Å². The van der Waals surface area contributed by atoms with Gasteiger partial charge in [0.2, 0.25) is 0 Å². The van der Waals surface area contributed by atoms with Crippen molar-refractivity contribution in [3.63, 3.8) is 0 Å². The van der Waals surface area contributed by atoms with Gasteiger partial charge in [-0.25, -0.2) is 0 Å². The van der Waals surface area contributed by atoms with Crippen LogP contribution in [0.25, 0.3) is 0 Å². The van der Waals surface area contributed by atoms with E-state index in [4.69, 9.17) is 9.47 Å². The van der Waals surface area contributed by atoms with Crippen LogP contribution < -0.4 is 5.32 Å². The van der Waals surface area contributed by atoms with E-state index < -0.39 is 0 Å². The Balaban J connectivity index is 1.32. The summed E-state index contributed by atoms with van der Waals surface area (Å²) in [5.41, 5.74) is 1.25. The van der Waals surface area contributed by atoms with Crippen LogP contribution in [-0.4, -0.2) is 31.4 Å². The first-order valence-corrected chi connectivity index (χ1v) is 7.42. The number of rotatable bonds is 5. The maximum atomic E-state index is 6.09. The van der Waals surface area contributed by atoms with Crippen LogP contribution in [0.2, 0.25) is 0 Å². The van der Waals surface area contributed by atoms with Crippen molar-refractivity contribution in [1.82, 2.24) is 5.32 Å². The highest BCUT2D eigenvalue weighted by molar-refractivity contribution is 5.13. The molecule has 19 heavy (non-hydrogen) atoms. The molecule has 1 aliphatic heterocycles. The largest absolute Gasteiger partial charge is 0.375 e. The molecule has 1 aliphatic carbocycles. The Morgan fingerprint density at radius 1 is 0.947 bits per heavy atom. The van der Waals surface area contributed by atoms with Gasteiger partial charge < -0.3 is 14.8 Å². The average molecular weight is 261 g/mol. The summed E-state index contributed by atoms with van der Waals surface area (Å²) in [4.78, 5) is 0. The molecule has 1 aromatic rings. The van der Waals surface area contributed by atoms with Crippen LogP contribution >= 0.6 is 0 Å². The van der Waals surface area contributed by atoms with Crippen molar-refractivity contribution in [3.8, 4) is 0 Å². The van der Waals surface area contributed by atoms with Gasteiger partial charge in [-0.1, -0.05) is 30.3 Å². The summed E-state index contributed by atoms with van der Waals surface area (Å²) in [7, 11) is 0. The highest BCUT2D eigenvalue weighted by Gasteiger charge is 2.32. The van der Waals surface area contributed by atoms with E-state index in [1.54, 1.807) is 0 Å². The molecule has 0 amide bonds. The fourth-order valence-corrected chi connectivity index (χ4v) is 2.76. The van der Waals surface area contributed by atoms with Gasteiger partial charge in [0.1, 0.15) is 0 Å². The van der Waals surface area contributed by atoms with Crippen LogP contribution in [0.4, 0.5) is 0 Å². The lowest BCUT2D eigenvalue weighted by molar-refractivity contribution is -0.134. The monoisotopic (exact) mass is 261 g/mol. The molecule has 1 N–H and O–H groups in total. The normalized spacial score (nSPS) is 28.0. The van der Waals surface area contributed by atoms with Gasteiger partial charge in [-0.15, -0.1) is 0 Å². The quantitative estimate of drug-likeness (QED) is 0.883. The van der Waals surface area contributed by atoms with Crippen molar-refractivity contribution in [2.24, 2.45) is 0 Å². The molecule has 0 spiro atoms. The lowest BCUT2D eigenvalue weighted by Gasteiger charge is -2.38. The highest BCUT2D eigenvalue weighted by Crippen LogP contribution is 2.29. The molecule has 1 heterocycles. The van der Waals surface area contributed by atoms with Crippen molar-refractivity contribution in [1.29, 1.82) is 0 Å². The summed E-state index contributed by atoms with van der Waals surface area (Å²) in [5.74, 6) is 0. The van der Waals surface area contributed by atoms with E-state index in [2.05, 4.69) is 29.6 Å². The molecular weight excluding hydrogens is 238 g/mol. The standard InChI is InChI=1S/C16H23NO2/c1-2-4-13(5-3-1)12-18-15-10-16(11-15)19-14-6-8-17-9-7-14/h1-5,14-17H,6-12H2/t15-,16+. The van der Waals surface area contributed by atoms with E-state index in [0.29, 0.717) is 18.3 Å². The van der Waals surface area contributed by atoms with Crippen molar-refractivity contribution in [2.75, 3.05) is 13.1 Å². The first kappa shape index (κ1) is 13.1. The van der Waals surface area contributed by atoms with Gasteiger partial charge in [0.15, 0.2) is 0 Å². The van der Waals surface area contributed by atoms with Crippen molar-refractivity contribution in [3.05, 3.63) is 35.9 Å². The maximum absolute atomic E-state index is 6.09. The van der Waals surface area contributed by atoms with Gasteiger partial charge in [-0.2, -0.15) is 0 Å². The molecule has 0 aromatic heterocycles. The summed E-state index contributed by atoms with van der Waals surface area (Å²) in [6.45, 7) is 2.93. The Morgan fingerprint density at radius 3 is 2.42 bits per heavy atom. The summed E-state index contributed by atoms with van der Waals surface area (Å²) in [5, 5.41) is 3.37. The van der Waals surface area contributed by atoms with Gasteiger partial charge in [0, 0.05) is 0 Å². The predicted molar refractivity (Wildman–Crippen MR) is 75.0 cm³/mol. The molecule has 3 heteroatoms. The minimum absolute atomic E-state index is 0.395. The second-order valence-electron chi connectivity index (χ2n) is 5.60. The lowest BCUT2D eigenvalue weighted by Crippen LogP contribution is -2.42. The van der Waals surface area contributed by atoms with Crippen molar-refractivity contribution >= 4 is 0 Å². The molecular formula is C16H23NO2. The molecule has 2 fully saturated rings. The van der Waals surface area contributed by atoms with Crippen LogP contribution in [-0.2, 0) is 16.1 Å². The third kappa shape index (κ3) is 3.78. The minimum atomic E-state index is 0.395. The average Bonchev–Trinajstić information content (AvgIpc) is 2.43. The third-order valence-electron chi connectivity index (χ3n) is 4.05. The number of ether oxygens (including phenoxy) is 2. The van der Waals surface area contributed by atoms with Crippen LogP contribution in [0.1, 0.15) is 31.2 Å². The Hall–Kier alpha value is -0.900. The summed E-state index contributed by atoms with van der Waals surface area (Å²) < 4.78 is 12.0. The molecule has 0 unspecified atom stereocenters. The molecule has 0 radical (unpaired) electrons. The molecule has 0 atom stereocenters. The maximum Gasteiger partial charge on any atom is 0.0720 e. The topological polar surface area (TPSA) is 30.5 Å². The van der Waals surface area contributed by atoms with Gasteiger partial charge in [0.05, 0.1) is 24.9 Å². The molecule has 0 bridgehead atoms. The fraction of sp³-hybridized carbons (Fsp3) is 0.625. The van der Waals surface area contributed by atoms with E-state index in [-0.39, 0.29) is 0 Å². The van der Waals surface area contributed by atoms with E-state index in [0.717, 1.165) is 45.4 Å². The Bertz CT molecular complexity index is 370. The van der Waals surface area contributed by atoms with Gasteiger partial charge >= 0.3 is 0 Å².